The minimum absolute atomic E-state index is 0.0791. The van der Waals surface area contributed by atoms with Crippen LogP contribution in [0, 0.1) is 11.8 Å². The first kappa shape index (κ1) is 22.9. The molecule has 33 heavy (non-hydrogen) atoms. The largest absolute Gasteiger partial charge is 0.508 e. The summed E-state index contributed by atoms with van der Waals surface area (Å²) in [5, 5.41) is 57.7. The molecule has 1 aromatic carbocycles. The summed E-state index contributed by atoms with van der Waals surface area (Å²) in [5.41, 5.74) is 4.79. The second-order valence-corrected chi connectivity index (χ2v) is 8.77. The number of ketones is 2. The fourth-order valence-corrected chi connectivity index (χ4v) is 5.41. The monoisotopic (exact) mass is 459 g/mol. The van der Waals surface area contributed by atoms with Crippen LogP contribution >= 0.6 is 0 Å². The molecular formula is C22H25N3O8. The molecule has 4 rings (SSSR count). The molecular weight excluding hydrogens is 434 g/mol. The standard InChI is InChI=1S/C22H25N3O8/c1-21(32)8-3-2-4-11(26)12(8)16(27)13-9(21)7-10-15(25-6-5-23)17(28)14(20(24)31)19(30)22(10,33)18(13)29/h2-4,9-10,15,25-27,30,32-33H,5-7,23H2,1H3,(H2,24,31)/t9-,10-,15-,21+,22-/m0/s1. The molecule has 5 atom stereocenters. The van der Waals surface area contributed by atoms with Crippen LogP contribution in [-0.2, 0) is 20.0 Å². The van der Waals surface area contributed by atoms with Crippen molar-refractivity contribution in [3.05, 3.63) is 46.2 Å². The highest BCUT2D eigenvalue weighted by molar-refractivity contribution is 6.24. The summed E-state index contributed by atoms with van der Waals surface area (Å²) < 4.78 is 0. The Bertz CT molecular complexity index is 1150. The molecule has 0 aromatic heterocycles. The predicted molar refractivity (Wildman–Crippen MR) is 113 cm³/mol. The second-order valence-electron chi connectivity index (χ2n) is 8.77. The number of Topliss-reactive ketones (excluding diaryl/α,β-unsaturated/α-hetero) is 2. The van der Waals surface area contributed by atoms with Gasteiger partial charge in [-0.1, -0.05) is 12.1 Å². The number of phenols is 1. The van der Waals surface area contributed by atoms with E-state index in [0.717, 1.165) is 0 Å². The van der Waals surface area contributed by atoms with Gasteiger partial charge in [-0.2, -0.15) is 0 Å². The van der Waals surface area contributed by atoms with E-state index in [0.29, 0.717) is 0 Å². The molecule has 0 unspecified atom stereocenters. The van der Waals surface area contributed by atoms with E-state index >= 15 is 0 Å². The third-order valence-electron chi connectivity index (χ3n) is 7.01. The summed E-state index contributed by atoms with van der Waals surface area (Å²) in [5.74, 6) is -8.18. The van der Waals surface area contributed by atoms with Crippen molar-refractivity contribution in [2.45, 2.75) is 30.6 Å². The maximum absolute atomic E-state index is 13.7. The van der Waals surface area contributed by atoms with E-state index in [1.165, 1.54) is 25.1 Å². The Balaban J connectivity index is 2.00. The number of fused-ring (bicyclic) bond motifs is 3. The number of aliphatic hydroxyl groups is 4. The smallest absolute Gasteiger partial charge is 0.255 e. The van der Waals surface area contributed by atoms with Crippen molar-refractivity contribution in [2.75, 3.05) is 13.1 Å². The van der Waals surface area contributed by atoms with Gasteiger partial charge in [0.1, 0.15) is 22.8 Å². The van der Waals surface area contributed by atoms with Gasteiger partial charge in [-0.05, 0) is 25.0 Å². The molecule has 3 aliphatic carbocycles. The lowest BCUT2D eigenvalue weighted by molar-refractivity contribution is -0.155. The van der Waals surface area contributed by atoms with E-state index < -0.39 is 75.0 Å². The Labute approximate surface area is 188 Å². The number of benzene rings is 1. The average molecular weight is 459 g/mol. The number of carbonyl (C=O) groups is 3. The molecule has 1 saturated carbocycles. The third-order valence-corrected chi connectivity index (χ3v) is 7.01. The zero-order chi connectivity index (χ0) is 24.5. The lowest BCUT2D eigenvalue weighted by atomic mass is 9.54. The maximum atomic E-state index is 13.7. The first-order valence-electron chi connectivity index (χ1n) is 10.4. The molecule has 1 fully saturated rings. The summed E-state index contributed by atoms with van der Waals surface area (Å²) >= 11 is 0. The molecule has 3 aliphatic rings. The lowest BCUT2D eigenvalue weighted by Crippen LogP contribution is -2.67. The number of aromatic hydroxyl groups is 1. The molecule has 0 saturated heterocycles. The van der Waals surface area contributed by atoms with Crippen LogP contribution in [0.15, 0.2) is 35.1 Å². The summed E-state index contributed by atoms with van der Waals surface area (Å²) in [7, 11) is 0. The number of primary amides is 1. The number of nitrogens with one attached hydrogen (secondary N) is 1. The number of hydrogen-bond acceptors (Lipinski definition) is 10. The zero-order valence-corrected chi connectivity index (χ0v) is 17.7. The van der Waals surface area contributed by atoms with Crippen LogP contribution in [-0.4, -0.2) is 67.7 Å². The molecule has 0 heterocycles. The van der Waals surface area contributed by atoms with Gasteiger partial charge in [0.25, 0.3) is 5.91 Å². The number of rotatable bonds is 4. The minimum Gasteiger partial charge on any atom is -0.508 e. The molecule has 11 nitrogen and oxygen atoms in total. The highest BCUT2D eigenvalue weighted by Gasteiger charge is 2.66. The van der Waals surface area contributed by atoms with Crippen molar-refractivity contribution in [1.82, 2.24) is 5.32 Å². The Morgan fingerprint density at radius 1 is 1.21 bits per heavy atom. The zero-order valence-electron chi connectivity index (χ0n) is 17.7. The number of phenolic OH excluding ortho intramolecular Hbond substituents is 1. The molecule has 1 amide bonds. The molecule has 0 radical (unpaired) electrons. The van der Waals surface area contributed by atoms with Gasteiger partial charge in [0.05, 0.1) is 17.2 Å². The molecule has 1 aromatic rings. The van der Waals surface area contributed by atoms with Crippen LogP contribution in [0.4, 0.5) is 0 Å². The number of nitrogens with two attached hydrogens (primary N) is 2. The van der Waals surface area contributed by atoms with Gasteiger partial charge in [-0.15, -0.1) is 0 Å². The normalized spacial score (nSPS) is 33.5. The fourth-order valence-electron chi connectivity index (χ4n) is 5.41. The van der Waals surface area contributed by atoms with Crippen molar-refractivity contribution in [1.29, 1.82) is 0 Å². The minimum atomic E-state index is -2.79. The van der Waals surface area contributed by atoms with Crippen molar-refractivity contribution >= 4 is 23.2 Å². The van der Waals surface area contributed by atoms with Crippen molar-refractivity contribution in [2.24, 2.45) is 23.3 Å². The average Bonchev–Trinajstić information content (AvgIpc) is 2.74. The Morgan fingerprint density at radius 3 is 2.48 bits per heavy atom. The predicted octanol–water partition coefficient (Wildman–Crippen LogP) is -1.38. The van der Waals surface area contributed by atoms with Gasteiger partial charge in [-0.3, -0.25) is 14.4 Å². The summed E-state index contributed by atoms with van der Waals surface area (Å²) in [4.78, 5) is 38.6. The Morgan fingerprint density at radius 2 is 1.88 bits per heavy atom. The number of carbonyl (C=O) groups excluding carboxylic acids is 3. The van der Waals surface area contributed by atoms with E-state index in [2.05, 4.69) is 5.32 Å². The van der Waals surface area contributed by atoms with Crippen LogP contribution in [0.5, 0.6) is 5.75 Å². The summed E-state index contributed by atoms with van der Waals surface area (Å²) in [6.45, 7) is 1.55. The number of amides is 1. The Kier molecular flexibility index (Phi) is 5.13. The molecule has 10 N–H and O–H groups in total. The van der Waals surface area contributed by atoms with Gasteiger partial charge in [0, 0.05) is 30.5 Å². The molecule has 0 bridgehead atoms. The van der Waals surface area contributed by atoms with Crippen LogP contribution < -0.4 is 16.8 Å². The van der Waals surface area contributed by atoms with Gasteiger partial charge in [0.15, 0.2) is 11.4 Å². The van der Waals surface area contributed by atoms with Crippen molar-refractivity contribution in [3.63, 3.8) is 0 Å². The van der Waals surface area contributed by atoms with Gasteiger partial charge < -0.3 is 42.3 Å². The SMILES string of the molecule is C[C@@]1(O)c2cccc(O)c2C(O)=C2C(=O)[C@]3(O)C(O)=C(C(N)=O)C(=O)[C@@H](NCCN)[C@@H]3C[C@@H]21. The van der Waals surface area contributed by atoms with E-state index in [-0.39, 0.29) is 30.6 Å². The van der Waals surface area contributed by atoms with Crippen molar-refractivity contribution in [3.8, 4) is 5.75 Å². The first-order chi connectivity index (χ1) is 15.4. The second kappa shape index (κ2) is 7.39. The fraction of sp³-hybridized carbons (Fsp3) is 0.409. The van der Waals surface area contributed by atoms with E-state index in [1.807, 2.05) is 0 Å². The first-order valence-corrected chi connectivity index (χ1v) is 10.4. The lowest BCUT2D eigenvalue weighted by Gasteiger charge is -2.52. The number of hydrogen-bond donors (Lipinski definition) is 8. The summed E-state index contributed by atoms with van der Waals surface area (Å²) in [6.07, 6.45) is -0.242. The van der Waals surface area contributed by atoms with Crippen LogP contribution in [0.3, 0.4) is 0 Å². The van der Waals surface area contributed by atoms with E-state index in [4.69, 9.17) is 11.5 Å². The molecule has 11 heteroatoms. The molecule has 0 spiro atoms. The maximum Gasteiger partial charge on any atom is 0.255 e. The van der Waals surface area contributed by atoms with E-state index in [9.17, 15) is 39.9 Å². The topological polar surface area (TPSA) is 216 Å². The van der Waals surface area contributed by atoms with Crippen LogP contribution in [0.1, 0.15) is 24.5 Å². The third kappa shape index (κ3) is 2.86. The van der Waals surface area contributed by atoms with E-state index in [1.54, 1.807) is 0 Å². The highest BCUT2D eigenvalue weighted by Crippen LogP contribution is 2.56. The van der Waals surface area contributed by atoms with Gasteiger partial charge >= 0.3 is 0 Å². The van der Waals surface area contributed by atoms with Gasteiger partial charge in [0.2, 0.25) is 5.78 Å². The summed E-state index contributed by atoms with van der Waals surface area (Å²) in [6, 6.07) is 2.87. The Hall–Kier alpha value is -3.25. The molecule has 176 valence electrons. The van der Waals surface area contributed by atoms with Gasteiger partial charge in [-0.25, -0.2) is 0 Å². The van der Waals surface area contributed by atoms with Crippen LogP contribution in [0.2, 0.25) is 0 Å². The number of aliphatic hydroxyl groups excluding tert-OH is 2. The van der Waals surface area contributed by atoms with Crippen molar-refractivity contribution < 1.29 is 39.9 Å². The highest BCUT2D eigenvalue weighted by atomic mass is 16.3. The van der Waals surface area contributed by atoms with Crippen LogP contribution in [0.25, 0.3) is 5.76 Å². The quantitative estimate of drug-likeness (QED) is 0.247. The molecule has 0 aliphatic heterocycles.